The number of rotatable bonds is 3. The van der Waals surface area contributed by atoms with Gasteiger partial charge in [0.05, 0.1) is 0 Å². The molecule has 1 saturated heterocycles. The summed E-state index contributed by atoms with van der Waals surface area (Å²) in [6, 6.07) is 5.07. The van der Waals surface area contributed by atoms with Gasteiger partial charge in [-0.2, -0.15) is 0 Å². The minimum absolute atomic E-state index is 0.164. The van der Waals surface area contributed by atoms with Crippen LogP contribution in [-0.4, -0.2) is 30.6 Å². The Hall–Kier alpha value is -0.640. The lowest BCUT2D eigenvalue weighted by atomic mass is 10.1. The molecule has 94 valence electrons. The van der Waals surface area contributed by atoms with Gasteiger partial charge in [-0.15, -0.1) is 0 Å². The molecule has 0 amide bonds. The van der Waals surface area contributed by atoms with Crippen molar-refractivity contribution in [3.05, 3.63) is 34.6 Å². The maximum atomic E-state index is 13.5. The van der Waals surface area contributed by atoms with E-state index in [1.54, 1.807) is 12.1 Å². The van der Waals surface area contributed by atoms with Crippen LogP contribution in [0.1, 0.15) is 18.4 Å². The first-order valence-corrected chi connectivity index (χ1v) is 6.45. The normalized spacial score (nSPS) is 18.5. The van der Waals surface area contributed by atoms with Gasteiger partial charge in [0, 0.05) is 17.6 Å². The summed E-state index contributed by atoms with van der Waals surface area (Å²) in [5, 5.41) is 0.599. The van der Waals surface area contributed by atoms with Crippen LogP contribution in [0.3, 0.4) is 0 Å². The molecule has 0 atom stereocenters. The Labute approximate surface area is 107 Å². The van der Waals surface area contributed by atoms with Crippen LogP contribution in [0, 0.1) is 5.82 Å². The second-order valence-corrected chi connectivity index (χ2v) is 5.10. The van der Waals surface area contributed by atoms with Crippen LogP contribution in [0.2, 0.25) is 5.02 Å². The molecule has 17 heavy (non-hydrogen) atoms. The zero-order valence-corrected chi connectivity index (χ0v) is 10.6. The Bertz CT molecular complexity index is 376. The topological polar surface area (TPSA) is 29.3 Å². The average molecular weight is 257 g/mol. The van der Waals surface area contributed by atoms with Crippen LogP contribution in [0.5, 0.6) is 0 Å². The minimum atomic E-state index is -0.164. The van der Waals surface area contributed by atoms with Crippen LogP contribution >= 0.6 is 11.6 Å². The number of likely N-dealkylation sites (tertiary alicyclic amines) is 1. The van der Waals surface area contributed by atoms with Gasteiger partial charge in [-0.25, -0.2) is 4.39 Å². The highest BCUT2D eigenvalue weighted by Gasteiger charge is 2.16. The Morgan fingerprint density at radius 1 is 1.35 bits per heavy atom. The van der Waals surface area contributed by atoms with Gasteiger partial charge in [0.1, 0.15) is 5.82 Å². The van der Waals surface area contributed by atoms with Crippen molar-refractivity contribution in [2.24, 2.45) is 5.73 Å². The molecule has 1 aliphatic rings. The summed E-state index contributed by atoms with van der Waals surface area (Å²) in [6.45, 7) is 2.91. The number of piperidine rings is 1. The number of hydrogen-bond acceptors (Lipinski definition) is 2. The third-order valence-electron chi connectivity index (χ3n) is 3.34. The van der Waals surface area contributed by atoms with E-state index in [9.17, 15) is 4.39 Å². The van der Waals surface area contributed by atoms with Gasteiger partial charge < -0.3 is 10.6 Å². The molecule has 2 N–H and O–H groups in total. The zero-order valence-electron chi connectivity index (χ0n) is 9.83. The van der Waals surface area contributed by atoms with Crippen LogP contribution in [-0.2, 0) is 6.42 Å². The van der Waals surface area contributed by atoms with E-state index in [0.717, 1.165) is 32.5 Å². The van der Waals surface area contributed by atoms with Crippen molar-refractivity contribution in [2.45, 2.75) is 25.3 Å². The Kier molecular flexibility index (Phi) is 4.37. The number of nitrogens with two attached hydrogens (primary N) is 1. The van der Waals surface area contributed by atoms with Gasteiger partial charge in [0.2, 0.25) is 0 Å². The van der Waals surface area contributed by atoms with E-state index in [4.69, 9.17) is 17.3 Å². The molecule has 1 aliphatic heterocycles. The van der Waals surface area contributed by atoms with E-state index >= 15 is 0 Å². The van der Waals surface area contributed by atoms with Crippen molar-refractivity contribution in [1.29, 1.82) is 0 Å². The lowest BCUT2D eigenvalue weighted by Crippen LogP contribution is -2.40. The zero-order chi connectivity index (χ0) is 12.3. The number of benzene rings is 1. The highest BCUT2D eigenvalue weighted by atomic mass is 35.5. The molecule has 0 radical (unpaired) electrons. The van der Waals surface area contributed by atoms with E-state index in [1.807, 2.05) is 0 Å². The second kappa shape index (κ2) is 5.80. The molecular formula is C13H18ClFN2. The number of hydrogen-bond donors (Lipinski definition) is 1. The summed E-state index contributed by atoms with van der Waals surface area (Å²) in [7, 11) is 0. The Balaban J connectivity index is 1.87. The largest absolute Gasteiger partial charge is 0.328 e. The third kappa shape index (κ3) is 3.66. The van der Waals surface area contributed by atoms with Gasteiger partial charge in [0.25, 0.3) is 0 Å². The second-order valence-electron chi connectivity index (χ2n) is 4.66. The molecule has 1 aromatic rings. The Morgan fingerprint density at radius 2 is 2.06 bits per heavy atom. The van der Waals surface area contributed by atoms with Crippen LogP contribution in [0.4, 0.5) is 4.39 Å². The number of halogens is 2. The SMILES string of the molecule is NC1CCN(CCc2cc(Cl)ccc2F)CC1. The summed E-state index contributed by atoms with van der Waals surface area (Å²) >= 11 is 5.86. The summed E-state index contributed by atoms with van der Waals surface area (Å²) in [5.74, 6) is -0.164. The maximum absolute atomic E-state index is 13.5. The van der Waals surface area contributed by atoms with Crippen LogP contribution in [0.15, 0.2) is 18.2 Å². The van der Waals surface area contributed by atoms with E-state index in [1.165, 1.54) is 6.07 Å². The first-order chi connectivity index (χ1) is 8.15. The maximum Gasteiger partial charge on any atom is 0.126 e. The highest BCUT2D eigenvalue weighted by Crippen LogP contribution is 2.16. The van der Waals surface area contributed by atoms with Gasteiger partial charge in [-0.3, -0.25) is 0 Å². The van der Waals surface area contributed by atoms with E-state index in [-0.39, 0.29) is 5.82 Å². The lowest BCUT2D eigenvalue weighted by molar-refractivity contribution is 0.215. The van der Waals surface area contributed by atoms with Crippen molar-refractivity contribution >= 4 is 11.6 Å². The molecule has 2 rings (SSSR count). The summed E-state index contributed by atoms with van der Waals surface area (Å²) in [4.78, 5) is 2.34. The molecule has 0 aromatic heterocycles. The van der Waals surface area contributed by atoms with Crippen molar-refractivity contribution in [3.8, 4) is 0 Å². The Morgan fingerprint density at radius 3 is 2.76 bits per heavy atom. The molecule has 0 unspecified atom stereocenters. The first-order valence-electron chi connectivity index (χ1n) is 6.07. The molecule has 0 saturated carbocycles. The predicted octanol–water partition coefficient (Wildman–Crippen LogP) is 2.44. The molecule has 0 aliphatic carbocycles. The van der Waals surface area contributed by atoms with Crippen LogP contribution in [0.25, 0.3) is 0 Å². The van der Waals surface area contributed by atoms with Crippen molar-refractivity contribution < 1.29 is 4.39 Å². The summed E-state index contributed by atoms with van der Waals surface area (Å²) in [5.41, 5.74) is 6.55. The van der Waals surface area contributed by atoms with Crippen molar-refractivity contribution in [2.75, 3.05) is 19.6 Å². The number of nitrogens with zero attached hydrogens (tertiary/aromatic N) is 1. The lowest BCUT2D eigenvalue weighted by Gasteiger charge is -2.30. The predicted molar refractivity (Wildman–Crippen MR) is 68.8 cm³/mol. The van der Waals surface area contributed by atoms with Gasteiger partial charge in [0.15, 0.2) is 0 Å². The smallest absolute Gasteiger partial charge is 0.126 e. The van der Waals surface area contributed by atoms with E-state index in [2.05, 4.69) is 4.90 Å². The fraction of sp³-hybridized carbons (Fsp3) is 0.538. The fourth-order valence-corrected chi connectivity index (χ4v) is 2.38. The highest BCUT2D eigenvalue weighted by molar-refractivity contribution is 6.30. The van der Waals surface area contributed by atoms with E-state index < -0.39 is 0 Å². The van der Waals surface area contributed by atoms with Crippen molar-refractivity contribution in [3.63, 3.8) is 0 Å². The van der Waals surface area contributed by atoms with Crippen molar-refractivity contribution in [1.82, 2.24) is 4.90 Å². The van der Waals surface area contributed by atoms with E-state index in [0.29, 0.717) is 23.0 Å². The molecule has 0 spiro atoms. The third-order valence-corrected chi connectivity index (χ3v) is 3.57. The minimum Gasteiger partial charge on any atom is -0.328 e. The molecule has 4 heteroatoms. The molecule has 2 nitrogen and oxygen atoms in total. The quantitative estimate of drug-likeness (QED) is 0.900. The molecule has 1 fully saturated rings. The molecule has 1 heterocycles. The van der Waals surface area contributed by atoms with Gasteiger partial charge in [-0.05, 0) is 56.1 Å². The van der Waals surface area contributed by atoms with Crippen LogP contribution < -0.4 is 5.73 Å². The first kappa shape index (κ1) is 12.8. The van der Waals surface area contributed by atoms with Gasteiger partial charge >= 0.3 is 0 Å². The fourth-order valence-electron chi connectivity index (χ4n) is 2.19. The molecule has 0 bridgehead atoms. The summed E-state index contributed by atoms with van der Waals surface area (Å²) < 4.78 is 13.5. The van der Waals surface area contributed by atoms with Gasteiger partial charge in [-0.1, -0.05) is 11.6 Å². The average Bonchev–Trinajstić information content (AvgIpc) is 2.32. The molecule has 1 aromatic carbocycles. The standard InChI is InChI=1S/C13H18ClFN2/c14-11-1-2-13(15)10(9-11)3-6-17-7-4-12(16)5-8-17/h1-2,9,12H,3-8,16H2. The summed E-state index contributed by atoms with van der Waals surface area (Å²) in [6.07, 6.45) is 2.79. The molecular weight excluding hydrogens is 239 g/mol. The monoisotopic (exact) mass is 256 g/mol.